The fourth-order valence-electron chi connectivity index (χ4n) is 3.72. The molecule has 0 radical (unpaired) electrons. The van der Waals surface area contributed by atoms with Gasteiger partial charge in [0.25, 0.3) is 0 Å². The van der Waals surface area contributed by atoms with Gasteiger partial charge in [-0.1, -0.05) is 42.5 Å². The number of allylic oxidation sites excluding steroid dienone is 1. The molecule has 1 saturated heterocycles. The number of hydrogen-bond donors (Lipinski definition) is 2. The average Bonchev–Trinajstić information content (AvgIpc) is 3.18. The lowest BCUT2D eigenvalue weighted by atomic mass is 9.91. The molecule has 6 heteroatoms. The van der Waals surface area contributed by atoms with Crippen molar-refractivity contribution >= 4 is 22.8 Å². The molecule has 0 aromatic heterocycles. The van der Waals surface area contributed by atoms with E-state index in [2.05, 4.69) is 10.6 Å². The normalized spacial score (nSPS) is 22.5. The van der Waals surface area contributed by atoms with Crippen molar-refractivity contribution < 1.29 is 19.1 Å². The van der Waals surface area contributed by atoms with Gasteiger partial charge in [0.05, 0.1) is 17.7 Å². The molecule has 140 valence electrons. The SMILES string of the molecule is CC1=C(C(=O)OC[C@H]2CCCO2)[C@H](c2cccc3ccccc23)NC(=O)N1. The predicted octanol–water partition coefficient (Wildman–Crippen LogP) is 3.19. The van der Waals surface area contributed by atoms with Crippen molar-refractivity contribution in [1.29, 1.82) is 0 Å². The fraction of sp³-hybridized carbons (Fsp3) is 0.333. The highest BCUT2D eigenvalue weighted by Gasteiger charge is 2.33. The Morgan fingerprint density at radius 1 is 1.22 bits per heavy atom. The van der Waals surface area contributed by atoms with Crippen LogP contribution in [0.1, 0.15) is 31.4 Å². The van der Waals surface area contributed by atoms with E-state index in [-0.39, 0.29) is 18.7 Å². The van der Waals surface area contributed by atoms with E-state index in [1.165, 1.54) is 0 Å². The fourth-order valence-corrected chi connectivity index (χ4v) is 3.72. The van der Waals surface area contributed by atoms with E-state index in [1.807, 2.05) is 42.5 Å². The second-order valence-electron chi connectivity index (χ2n) is 6.87. The molecule has 0 saturated carbocycles. The minimum atomic E-state index is -0.568. The van der Waals surface area contributed by atoms with E-state index < -0.39 is 12.0 Å². The van der Waals surface area contributed by atoms with Gasteiger partial charge in [-0.05, 0) is 36.1 Å². The quantitative estimate of drug-likeness (QED) is 0.815. The van der Waals surface area contributed by atoms with Crippen molar-refractivity contribution in [3.8, 4) is 0 Å². The molecule has 2 atom stereocenters. The Balaban J connectivity index is 1.67. The lowest BCUT2D eigenvalue weighted by Crippen LogP contribution is -2.45. The molecule has 4 rings (SSSR count). The first kappa shape index (κ1) is 17.5. The third-order valence-electron chi connectivity index (χ3n) is 5.05. The van der Waals surface area contributed by atoms with Crippen LogP contribution in [-0.2, 0) is 14.3 Å². The number of hydrogen-bond acceptors (Lipinski definition) is 4. The summed E-state index contributed by atoms with van der Waals surface area (Å²) in [6, 6.07) is 12.9. The van der Waals surface area contributed by atoms with Gasteiger partial charge in [0.2, 0.25) is 0 Å². The number of urea groups is 1. The summed E-state index contributed by atoms with van der Waals surface area (Å²) in [6.45, 7) is 2.66. The monoisotopic (exact) mass is 366 g/mol. The van der Waals surface area contributed by atoms with Crippen LogP contribution >= 0.6 is 0 Å². The largest absolute Gasteiger partial charge is 0.459 e. The van der Waals surface area contributed by atoms with Crippen LogP contribution in [0.15, 0.2) is 53.7 Å². The van der Waals surface area contributed by atoms with E-state index in [9.17, 15) is 9.59 Å². The van der Waals surface area contributed by atoms with Crippen molar-refractivity contribution in [2.45, 2.75) is 31.9 Å². The molecule has 2 aliphatic heterocycles. The summed E-state index contributed by atoms with van der Waals surface area (Å²) in [5.74, 6) is -0.437. The predicted molar refractivity (Wildman–Crippen MR) is 101 cm³/mol. The van der Waals surface area contributed by atoms with Crippen molar-refractivity contribution in [1.82, 2.24) is 10.6 Å². The molecule has 2 aromatic carbocycles. The molecular formula is C21H22N2O4. The molecule has 2 aliphatic rings. The Bertz CT molecular complexity index is 910. The topological polar surface area (TPSA) is 76.7 Å². The minimum absolute atomic E-state index is 0.0444. The lowest BCUT2D eigenvalue weighted by Gasteiger charge is -2.29. The molecule has 2 heterocycles. The summed E-state index contributed by atoms with van der Waals surface area (Å²) in [7, 11) is 0. The summed E-state index contributed by atoms with van der Waals surface area (Å²) >= 11 is 0. The number of benzene rings is 2. The van der Waals surface area contributed by atoms with E-state index in [0.717, 1.165) is 29.2 Å². The van der Waals surface area contributed by atoms with Gasteiger partial charge >= 0.3 is 12.0 Å². The molecule has 6 nitrogen and oxygen atoms in total. The molecule has 0 unspecified atom stereocenters. The molecular weight excluding hydrogens is 344 g/mol. The van der Waals surface area contributed by atoms with Gasteiger partial charge in [-0.15, -0.1) is 0 Å². The number of carbonyl (C=O) groups is 2. The average molecular weight is 366 g/mol. The number of fused-ring (bicyclic) bond motifs is 1. The van der Waals surface area contributed by atoms with E-state index in [1.54, 1.807) is 6.92 Å². The maximum absolute atomic E-state index is 12.9. The summed E-state index contributed by atoms with van der Waals surface area (Å²) in [5, 5.41) is 7.60. The van der Waals surface area contributed by atoms with Crippen LogP contribution in [0.2, 0.25) is 0 Å². The van der Waals surface area contributed by atoms with Crippen LogP contribution in [0.25, 0.3) is 10.8 Å². The summed E-state index contributed by atoms with van der Waals surface area (Å²) in [6.07, 6.45) is 1.84. The van der Waals surface area contributed by atoms with Gasteiger partial charge < -0.3 is 20.1 Å². The number of rotatable bonds is 4. The molecule has 2 amide bonds. The van der Waals surface area contributed by atoms with Gasteiger partial charge in [0.1, 0.15) is 6.61 Å². The standard InChI is InChI=1S/C21H22N2O4/c1-13-18(20(24)27-12-15-8-5-11-26-15)19(23-21(25)22-13)17-10-4-7-14-6-2-3-9-16(14)17/h2-4,6-7,9-10,15,19H,5,8,11-12H2,1H3,(H2,22,23,25)/t15-,19+/m1/s1. The van der Waals surface area contributed by atoms with Crippen LogP contribution in [0.5, 0.6) is 0 Å². The van der Waals surface area contributed by atoms with E-state index >= 15 is 0 Å². The first-order valence-electron chi connectivity index (χ1n) is 9.18. The second kappa shape index (κ2) is 7.40. The summed E-state index contributed by atoms with van der Waals surface area (Å²) in [4.78, 5) is 25.0. The lowest BCUT2D eigenvalue weighted by molar-refractivity contribution is -0.142. The van der Waals surface area contributed by atoms with Crippen molar-refractivity contribution in [2.24, 2.45) is 0 Å². The smallest absolute Gasteiger partial charge is 0.338 e. The molecule has 27 heavy (non-hydrogen) atoms. The van der Waals surface area contributed by atoms with Crippen LogP contribution in [0.3, 0.4) is 0 Å². The van der Waals surface area contributed by atoms with Crippen LogP contribution in [0.4, 0.5) is 4.79 Å². The van der Waals surface area contributed by atoms with Gasteiger partial charge in [0, 0.05) is 12.3 Å². The van der Waals surface area contributed by atoms with Crippen molar-refractivity contribution in [3.05, 3.63) is 59.3 Å². The highest BCUT2D eigenvalue weighted by molar-refractivity contribution is 5.97. The summed E-state index contributed by atoms with van der Waals surface area (Å²) < 4.78 is 11.0. The molecule has 1 fully saturated rings. The van der Waals surface area contributed by atoms with Crippen molar-refractivity contribution in [3.63, 3.8) is 0 Å². The number of carbonyl (C=O) groups excluding carboxylic acids is 2. The zero-order chi connectivity index (χ0) is 18.8. The first-order valence-corrected chi connectivity index (χ1v) is 9.18. The Hall–Kier alpha value is -2.86. The summed E-state index contributed by atoms with van der Waals surface area (Å²) in [5.41, 5.74) is 1.80. The Morgan fingerprint density at radius 2 is 2.04 bits per heavy atom. The second-order valence-corrected chi connectivity index (χ2v) is 6.87. The molecule has 2 aromatic rings. The van der Waals surface area contributed by atoms with Crippen LogP contribution < -0.4 is 10.6 Å². The maximum Gasteiger partial charge on any atom is 0.338 e. The van der Waals surface area contributed by atoms with Crippen LogP contribution in [-0.4, -0.2) is 31.3 Å². The molecule has 0 bridgehead atoms. The molecule has 2 N–H and O–H groups in total. The van der Waals surface area contributed by atoms with Gasteiger partial charge in [-0.2, -0.15) is 0 Å². The number of esters is 1. The zero-order valence-corrected chi connectivity index (χ0v) is 15.2. The van der Waals surface area contributed by atoms with Gasteiger partial charge in [-0.25, -0.2) is 9.59 Å². The van der Waals surface area contributed by atoms with E-state index in [0.29, 0.717) is 17.9 Å². The van der Waals surface area contributed by atoms with E-state index in [4.69, 9.17) is 9.47 Å². The number of ether oxygens (including phenoxy) is 2. The number of nitrogens with one attached hydrogen (secondary N) is 2. The molecule has 0 spiro atoms. The Morgan fingerprint density at radius 3 is 2.85 bits per heavy atom. The zero-order valence-electron chi connectivity index (χ0n) is 15.2. The van der Waals surface area contributed by atoms with Crippen LogP contribution in [0, 0.1) is 0 Å². The third kappa shape index (κ3) is 3.53. The maximum atomic E-state index is 12.9. The van der Waals surface area contributed by atoms with Gasteiger partial charge in [-0.3, -0.25) is 0 Å². The highest BCUT2D eigenvalue weighted by atomic mass is 16.6. The highest BCUT2D eigenvalue weighted by Crippen LogP contribution is 2.32. The minimum Gasteiger partial charge on any atom is -0.459 e. The Kier molecular flexibility index (Phi) is 4.81. The van der Waals surface area contributed by atoms with Crippen molar-refractivity contribution in [2.75, 3.05) is 13.2 Å². The number of amides is 2. The molecule has 0 aliphatic carbocycles. The van der Waals surface area contributed by atoms with Gasteiger partial charge in [0.15, 0.2) is 0 Å². The Labute approximate surface area is 157 Å². The third-order valence-corrected chi connectivity index (χ3v) is 5.05. The first-order chi connectivity index (χ1) is 13.1.